The number of aliphatic hydroxyl groups excluding tert-OH is 1. The lowest BCUT2D eigenvalue weighted by Crippen LogP contribution is -2.18. The molecule has 0 aliphatic carbocycles. The standard InChI is InChI=1S/C21H20FN3O2S/c1-14-10-20-23-24-21(25(20)19-9-5-3-7-17(14)19)28-13-16(26)12-27-11-15-6-2-4-8-18(15)22/h2-10,16,26H,11-13H2,1H3. The summed E-state index contributed by atoms with van der Waals surface area (Å²) in [6.45, 7) is 2.31. The number of rotatable bonds is 7. The van der Waals surface area contributed by atoms with E-state index in [1.807, 2.05) is 28.7 Å². The lowest BCUT2D eigenvalue weighted by atomic mass is 10.1. The van der Waals surface area contributed by atoms with Crippen molar-refractivity contribution >= 4 is 28.3 Å². The van der Waals surface area contributed by atoms with Crippen molar-refractivity contribution in [3.63, 3.8) is 0 Å². The Bertz CT molecular complexity index is 1120. The van der Waals surface area contributed by atoms with Crippen LogP contribution in [0.2, 0.25) is 0 Å². The van der Waals surface area contributed by atoms with Crippen molar-refractivity contribution in [3.05, 3.63) is 71.5 Å². The number of ether oxygens (including phenoxy) is 1. The molecule has 7 heteroatoms. The Morgan fingerprint density at radius 2 is 1.93 bits per heavy atom. The fourth-order valence-electron chi connectivity index (χ4n) is 3.11. The molecule has 2 aromatic carbocycles. The lowest BCUT2D eigenvalue weighted by Gasteiger charge is -2.11. The molecule has 2 aromatic heterocycles. The Balaban J connectivity index is 1.41. The average Bonchev–Trinajstić information content (AvgIpc) is 3.11. The third kappa shape index (κ3) is 3.87. The van der Waals surface area contributed by atoms with Gasteiger partial charge >= 0.3 is 0 Å². The molecule has 1 atom stereocenters. The number of benzene rings is 2. The van der Waals surface area contributed by atoms with Gasteiger partial charge in [-0.3, -0.25) is 4.40 Å². The van der Waals surface area contributed by atoms with Crippen molar-refractivity contribution in [2.75, 3.05) is 12.4 Å². The number of halogens is 1. The molecule has 144 valence electrons. The van der Waals surface area contributed by atoms with Crippen LogP contribution in [0, 0.1) is 12.7 Å². The van der Waals surface area contributed by atoms with Crippen LogP contribution < -0.4 is 0 Å². The van der Waals surface area contributed by atoms with Crippen molar-refractivity contribution in [1.29, 1.82) is 0 Å². The summed E-state index contributed by atoms with van der Waals surface area (Å²) in [4.78, 5) is 0. The van der Waals surface area contributed by atoms with E-state index in [1.165, 1.54) is 17.8 Å². The fraction of sp³-hybridized carbons (Fsp3) is 0.238. The van der Waals surface area contributed by atoms with Crippen LogP contribution in [0.15, 0.2) is 59.8 Å². The Morgan fingerprint density at radius 1 is 1.14 bits per heavy atom. The molecule has 0 aliphatic heterocycles. The van der Waals surface area contributed by atoms with Crippen LogP contribution in [0.1, 0.15) is 11.1 Å². The van der Waals surface area contributed by atoms with Crippen LogP contribution in [-0.4, -0.2) is 38.2 Å². The largest absolute Gasteiger partial charge is 0.390 e. The number of para-hydroxylation sites is 1. The number of aryl methyl sites for hydroxylation is 1. The summed E-state index contributed by atoms with van der Waals surface area (Å²) in [5, 5.41) is 20.6. The van der Waals surface area contributed by atoms with Crippen molar-refractivity contribution in [1.82, 2.24) is 14.6 Å². The molecule has 0 bridgehead atoms. The summed E-state index contributed by atoms with van der Waals surface area (Å²) in [5.41, 5.74) is 3.44. The molecule has 0 saturated heterocycles. The van der Waals surface area contributed by atoms with Crippen LogP contribution in [0.25, 0.3) is 16.6 Å². The number of aliphatic hydroxyl groups is 1. The third-order valence-electron chi connectivity index (χ3n) is 4.50. The van der Waals surface area contributed by atoms with Crippen molar-refractivity contribution in [3.8, 4) is 0 Å². The SMILES string of the molecule is Cc1cc2nnc(SCC(O)COCc3ccccc3F)n2c2ccccc12. The predicted molar refractivity (Wildman–Crippen MR) is 108 cm³/mol. The zero-order valence-electron chi connectivity index (χ0n) is 15.4. The smallest absolute Gasteiger partial charge is 0.196 e. The van der Waals surface area contributed by atoms with Crippen molar-refractivity contribution < 1.29 is 14.2 Å². The van der Waals surface area contributed by atoms with Crippen LogP contribution >= 0.6 is 11.8 Å². The Hall–Kier alpha value is -2.48. The molecule has 4 aromatic rings. The second-order valence-electron chi connectivity index (χ2n) is 6.59. The summed E-state index contributed by atoms with van der Waals surface area (Å²) in [6.07, 6.45) is -0.694. The molecule has 2 heterocycles. The lowest BCUT2D eigenvalue weighted by molar-refractivity contribution is 0.0386. The van der Waals surface area contributed by atoms with E-state index in [0.29, 0.717) is 11.3 Å². The Labute approximate surface area is 166 Å². The van der Waals surface area contributed by atoms with Gasteiger partial charge in [0.1, 0.15) is 5.82 Å². The molecule has 1 N–H and O–H groups in total. The van der Waals surface area contributed by atoms with Crippen molar-refractivity contribution in [2.24, 2.45) is 0 Å². The van der Waals surface area contributed by atoms with Gasteiger partial charge in [-0.25, -0.2) is 4.39 Å². The van der Waals surface area contributed by atoms with Gasteiger partial charge in [0.2, 0.25) is 0 Å². The van der Waals surface area contributed by atoms with Crippen LogP contribution in [0.5, 0.6) is 0 Å². The molecule has 0 spiro atoms. The molecule has 0 radical (unpaired) electrons. The molecule has 28 heavy (non-hydrogen) atoms. The highest BCUT2D eigenvalue weighted by molar-refractivity contribution is 7.99. The second-order valence-corrected chi connectivity index (χ2v) is 7.58. The maximum atomic E-state index is 13.6. The van der Waals surface area contributed by atoms with Gasteiger partial charge in [-0.1, -0.05) is 48.2 Å². The van der Waals surface area contributed by atoms with Gasteiger partial charge in [0, 0.05) is 16.7 Å². The van der Waals surface area contributed by atoms with Gasteiger partial charge < -0.3 is 9.84 Å². The van der Waals surface area contributed by atoms with E-state index in [9.17, 15) is 9.50 Å². The van der Waals surface area contributed by atoms with Gasteiger partial charge in [0.05, 0.1) is 24.8 Å². The van der Waals surface area contributed by atoms with Crippen LogP contribution in [-0.2, 0) is 11.3 Å². The normalized spacial score (nSPS) is 12.7. The summed E-state index contributed by atoms with van der Waals surface area (Å²) in [5.74, 6) is 0.101. The zero-order chi connectivity index (χ0) is 19.5. The van der Waals surface area contributed by atoms with E-state index in [4.69, 9.17) is 4.74 Å². The zero-order valence-corrected chi connectivity index (χ0v) is 16.2. The highest BCUT2D eigenvalue weighted by Crippen LogP contribution is 2.26. The minimum absolute atomic E-state index is 0.123. The molecular formula is C21H20FN3O2S. The monoisotopic (exact) mass is 397 g/mol. The number of aromatic nitrogens is 3. The number of thioether (sulfide) groups is 1. The Kier molecular flexibility index (Phi) is 5.57. The molecule has 0 fully saturated rings. The van der Waals surface area contributed by atoms with Gasteiger partial charge in [-0.2, -0.15) is 0 Å². The van der Waals surface area contributed by atoms with Gasteiger partial charge in [0.15, 0.2) is 10.8 Å². The fourth-order valence-corrected chi connectivity index (χ4v) is 3.96. The topological polar surface area (TPSA) is 59.7 Å². The maximum Gasteiger partial charge on any atom is 0.196 e. The summed E-state index contributed by atoms with van der Waals surface area (Å²) in [6, 6.07) is 16.6. The first-order valence-electron chi connectivity index (χ1n) is 8.99. The summed E-state index contributed by atoms with van der Waals surface area (Å²) in [7, 11) is 0. The molecule has 0 amide bonds. The number of hydrogen-bond donors (Lipinski definition) is 1. The predicted octanol–water partition coefficient (Wildman–Crippen LogP) is 4.00. The number of fused-ring (bicyclic) bond motifs is 3. The van der Waals surface area contributed by atoms with E-state index in [1.54, 1.807) is 18.2 Å². The second kappa shape index (κ2) is 8.26. The number of nitrogens with zero attached hydrogens (tertiary/aromatic N) is 3. The molecule has 0 saturated carbocycles. The molecular weight excluding hydrogens is 377 g/mol. The maximum absolute atomic E-state index is 13.6. The number of pyridine rings is 1. The quantitative estimate of drug-likeness (QED) is 0.478. The first-order valence-corrected chi connectivity index (χ1v) is 9.97. The number of hydrogen-bond acceptors (Lipinski definition) is 5. The first kappa shape index (κ1) is 18.9. The minimum atomic E-state index is -0.694. The van der Waals surface area contributed by atoms with Gasteiger partial charge in [-0.15, -0.1) is 10.2 Å². The van der Waals surface area contributed by atoms with Crippen molar-refractivity contribution in [2.45, 2.75) is 24.8 Å². The third-order valence-corrected chi connectivity index (χ3v) is 5.58. The Morgan fingerprint density at radius 3 is 2.79 bits per heavy atom. The minimum Gasteiger partial charge on any atom is -0.390 e. The van der Waals surface area contributed by atoms with E-state index >= 15 is 0 Å². The average molecular weight is 397 g/mol. The summed E-state index contributed by atoms with van der Waals surface area (Å²) < 4.78 is 21.0. The van der Waals surface area contributed by atoms with E-state index in [0.717, 1.165) is 27.3 Å². The van der Waals surface area contributed by atoms with Gasteiger partial charge in [0.25, 0.3) is 0 Å². The molecule has 0 aliphatic rings. The van der Waals surface area contributed by atoms with E-state index in [2.05, 4.69) is 23.2 Å². The highest BCUT2D eigenvalue weighted by atomic mass is 32.2. The highest BCUT2D eigenvalue weighted by Gasteiger charge is 2.14. The summed E-state index contributed by atoms with van der Waals surface area (Å²) >= 11 is 1.42. The van der Waals surface area contributed by atoms with Crippen LogP contribution in [0.3, 0.4) is 0 Å². The van der Waals surface area contributed by atoms with E-state index in [-0.39, 0.29) is 19.0 Å². The molecule has 4 rings (SSSR count). The van der Waals surface area contributed by atoms with Crippen LogP contribution in [0.4, 0.5) is 4.39 Å². The molecule has 1 unspecified atom stereocenters. The van der Waals surface area contributed by atoms with E-state index < -0.39 is 6.10 Å². The first-order chi connectivity index (χ1) is 13.6. The van der Waals surface area contributed by atoms with Gasteiger partial charge in [-0.05, 0) is 30.7 Å². The molecule has 5 nitrogen and oxygen atoms in total.